The van der Waals surface area contributed by atoms with Gasteiger partial charge in [0.15, 0.2) is 0 Å². The van der Waals surface area contributed by atoms with Crippen LogP contribution in [0, 0.1) is 10.1 Å². The Balaban J connectivity index is 3.01. The maximum Gasteiger partial charge on any atom is 0.325 e. The Morgan fingerprint density at radius 1 is 1.61 bits per heavy atom. The van der Waals surface area contributed by atoms with Gasteiger partial charge < -0.3 is 10.4 Å². The van der Waals surface area contributed by atoms with Crippen molar-refractivity contribution in [1.29, 1.82) is 0 Å². The Morgan fingerprint density at radius 3 is 2.72 bits per heavy atom. The molecule has 0 bridgehead atoms. The third kappa shape index (κ3) is 3.14. The van der Waals surface area contributed by atoms with Gasteiger partial charge in [-0.3, -0.25) is 19.7 Å². The van der Waals surface area contributed by atoms with Gasteiger partial charge in [-0.25, -0.2) is 4.98 Å². The first-order chi connectivity index (χ1) is 8.32. The average molecular weight is 274 g/mol. The summed E-state index contributed by atoms with van der Waals surface area (Å²) in [6.45, 7) is 1.25. The topological polar surface area (TPSA) is 122 Å². The second-order valence-electron chi connectivity index (χ2n) is 3.32. The molecule has 9 heteroatoms. The van der Waals surface area contributed by atoms with Gasteiger partial charge in [-0.05, 0) is 6.92 Å². The second-order valence-corrected chi connectivity index (χ2v) is 3.68. The predicted octanol–water partition coefficient (Wildman–Crippen LogP) is 0.846. The van der Waals surface area contributed by atoms with Gasteiger partial charge in [-0.2, -0.15) is 0 Å². The van der Waals surface area contributed by atoms with Gasteiger partial charge in [0.25, 0.3) is 11.6 Å². The molecule has 0 spiro atoms. The summed E-state index contributed by atoms with van der Waals surface area (Å²) in [6.07, 6.45) is 0.903. The zero-order chi connectivity index (χ0) is 13.9. The maximum absolute atomic E-state index is 11.6. The van der Waals surface area contributed by atoms with E-state index in [9.17, 15) is 19.7 Å². The van der Waals surface area contributed by atoms with E-state index >= 15 is 0 Å². The van der Waals surface area contributed by atoms with E-state index in [4.69, 9.17) is 16.7 Å². The molecule has 0 aliphatic heterocycles. The molecule has 96 valence electrons. The zero-order valence-corrected chi connectivity index (χ0v) is 9.84. The molecule has 8 nitrogen and oxygen atoms in total. The van der Waals surface area contributed by atoms with Crippen molar-refractivity contribution in [2.75, 3.05) is 0 Å². The van der Waals surface area contributed by atoms with Crippen LogP contribution in [-0.2, 0) is 4.79 Å². The lowest BCUT2D eigenvalue weighted by molar-refractivity contribution is -0.385. The summed E-state index contributed by atoms with van der Waals surface area (Å²) < 4.78 is 0. The number of aliphatic carboxylic acids is 1. The molecule has 1 atom stereocenters. The summed E-state index contributed by atoms with van der Waals surface area (Å²) in [4.78, 5) is 35.5. The number of hydrogen-bond donors (Lipinski definition) is 2. The monoisotopic (exact) mass is 273 g/mol. The summed E-state index contributed by atoms with van der Waals surface area (Å²) in [7, 11) is 0. The number of nitrogens with one attached hydrogen (secondary N) is 1. The van der Waals surface area contributed by atoms with E-state index in [0.29, 0.717) is 0 Å². The van der Waals surface area contributed by atoms with Gasteiger partial charge in [0.1, 0.15) is 17.4 Å². The fourth-order valence-electron chi connectivity index (χ4n) is 1.03. The standard InChI is InChI=1S/C9H8ClN3O5/c1-4(9(15)16)12-8(14)6-2-5(13(17)18)3-11-7(6)10/h2-4H,1H3,(H,12,14)(H,15,16). The minimum atomic E-state index is -1.24. The van der Waals surface area contributed by atoms with Crippen molar-refractivity contribution in [2.45, 2.75) is 13.0 Å². The van der Waals surface area contributed by atoms with Crippen molar-refractivity contribution in [2.24, 2.45) is 0 Å². The van der Waals surface area contributed by atoms with E-state index in [1.54, 1.807) is 0 Å². The third-order valence-electron chi connectivity index (χ3n) is 2.00. The lowest BCUT2D eigenvalue weighted by Crippen LogP contribution is -2.38. The van der Waals surface area contributed by atoms with Crippen molar-refractivity contribution >= 4 is 29.2 Å². The van der Waals surface area contributed by atoms with Crippen LogP contribution in [0.3, 0.4) is 0 Å². The maximum atomic E-state index is 11.6. The van der Waals surface area contributed by atoms with E-state index in [0.717, 1.165) is 12.3 Å². The number of halogens is 1. The molecule has 0 aliphatic rings. The van der Waals surface area contributed by atoms with Gasteiger partial charge in [0, 0.05) is 6.07 Å². The molecule has 18 heavy (non-hydrogen) atoms. The molecule has 0 radical (unpaired) electrons. The number of carbonyl (C=O) groups is 2. The van der Waals surface area contributed by atoms with Crippen LogP contribution in [0.5, 0.6) is 0 Å². The molecule has 1 aromatic heterocycles. The smallest absolute Gasteiger partial charge is 0.325 e. The normalized spacial score (nSPS) is 11.7. The Kier molecular flexibility index (Phi) is 4.16. The van der Waals surface area contributed by atoms with Crippen LogP contribution in [-0.4, -0.2) is 32.9 Å². The Hall–Kier alpha value is -2.22. The summed E-state index contributed by atoms with van der Waals surface area (Å²) in [6, 6.07) is -0.216. The molecule has 1 heterocycles. The molecule has 0 saturated heterocycles. The van der Waals surface area contributed by atoms with Crippen molar-refractivity contribution in [1.82, 2.24) is 10.3 Å². The fraction of sp³-hybridized carbons (Fsp3) is 0.222. The first-order valence-electron chi connectivity index (χ1n) is 4.66. The highest BCUT2D eigenvalue weighted by molar-refractivity contribution is 6.32. The molecule has 0 fully saturated rings. The van der Waals surface area contributed by atoms with Crippen molar-refractivity contribution in [3.63, 3.8) is 0 Å². The van der Waals surface area contributed by atoms with Crippen LogP contribution >= 0.6 is 11.6 Å². The molecule has 1 unspecified atom stereocenters. The molecule has 2 N–H and O–H groups in total. The number of carboxylic acids is 1. The number of pyridine rings is 1. The van der Waals surface area contributed by atoms with E-state index < -0.39 is 28.5 Å². The molecule has 0 aliphatic carbocycles. The number of carboxylic acid groups (broad SMARTS) is 1. The zero-order valence-electron chi connectivity index (χ0n) is 9.08. The van der Waals surface area contributed by atoms with Crippen molar-refractivity contribution in [3.05, 3.63) is 33.1 Å². The van der Waals surface area contributed by atoms with Crippen LogP contribution < -0.4 is 5.32 Å². The Bertz CT molecular complexity index is 519. The summed E-state index contributed by atoms with van der Waals surface area (Å²) in [5.41, 5.74) is -0.661. The first-order valence-corrected chi connectivity index (χ1v) is 5.04. The highest BCUT2D eigenvalue weighted by atomic mass is 35.5. The van der Waals surface area contributed by atoms with E-state index in [1.807, 2.05) is 0 Å². The molecule has 1 amide bonds. The first kappa shape index (κ1) is 13.8. The number of carbonyl (C=O) groups excluding carboxylic acids is 1. The van der Waals surface area contributed by atoms with Crippen LogP contribution in [0.4, 0.5) is 5.69 Å². The Labute approximate surface area is 106 Å². The quantitative estimate of drug-likeness (QED) is 0.476. The molecule has 1 aromatic rings. The van der Waals surface area contributed by atoms with Gasteiger partial charge in [-0.1, -0.05) is 11.6 Å². The van der Waals surface area contributed by atoms with Crippen LogP contribution in [0.1, 0.15) is 17.3 Å². The van der Waals surface area contributed by atoms with E-state index in [1.165, 1.54) is 6.92 Å². The number of aromatic nitrogens is 1. The SMILES string of the molecule is CC(NC(=O)c1cc([N+](=O)[O-])cnc1Cl)C(=O)O. The van der Waals surface area contributed by atoms with E-state index in [-0.39, 0.29) is 10.7 Å². The summed E-state index contributed by atoms with van der Waals surface area (Å²) >= 11 is 5.62. The molecular weight excluding hydrogens is 266 g/mol. The van der Waals surface area contributed by atoms with Gasteiger partial charge >= 0.3 is 5.97 Å². The van der Waals surface area contributed by atoms with Crippen molar-refractivity contribution < 1.29 is 19.6 Å². The number of rotatable bonds is 4. The lowest BCUT2D eigenvalue weighted by Gasteiger charge is -2.09. The number of nitro groups is 1. The highest BCUT2D eigenvalue weighted by Gasteiger charge is 2.20. The third-order valence-corrected chi connectivity index (χ3v) is 2.30. The number of hydrogen-bond acceptors (Lipinski definition) is 5. The predicted molar refractivity (Wildman–Crippen MR) is 60.5 cm³/mol. The summed E-state index contributed by atoms with van der Waals surface area (Å²) in [5.74, 6) is -2.08. The number of amides is 1. The van der Waals surface area contributed by atoms with Gasteiger partial charge in [0.05, 0.1) is 10.5 Å². The van der Waals surface area contributed by atoms with Crippen LogP contribution in [0.2, 0.25) is 5.15 Å². The summed E-state index contributed by atoms with van der Waals surface area (Å²) in [5, 5.41) is 21.0. The second kappa shape index (κ2) is 5.41. The molecule has 0 aromatic carbocycles. The van der Waals surface area contributed by atoms with Crippen LogP contribution in [0.25, 0.3) is 0 Å². The van der Waals surface area contributed by atoms with Gasteiger partial charge in [0.2, 0.25) is 0 Å². The lowest BCUT2D eigenvalue weighted by atomic mass is 10.2. The average Bonchev–Trinajstić information content (AvgIpc) is 2.28. The minimum Gasteiger partial charge on any atom is -0.480 e. The highest BCUT2D eigenvalue weighted by Crippen LogP contribution is 2.18. The van der Waals surface area contributed by atoms with Crippen LogP contribution in [0.15, 0.2) is 12.3 Å². The Morgan fingerprint density at radius 2 is 2.22 bits per heavy atom. The molecule has 1 rings (SSSR count). The fourth-order valence-corrected chi connectivity index (χ4v) is 1.22. The minimum absolute atomic E-state index is 0.240. The largest absolute Gasteiger partial charge is 0.480 e. The van der Waals surface area contributed by atoms with Gasteiger partial charge in [-0.15, -0.1) is 0 Å². The number of nitrogens with zero attached hydrogens (tertiary/aromatic N) is 2. The van der Waals surface area contributed by atoms with E-state index in [2.05, 4.69) is 10.3 Å². The molecule has 0 saturated carbocycles. The molecular formula is C9H8ClN3O5. The van der Waals surface area contributed by atoms with Crippen molar-refractivity contribution in [3.8, 4) is 0 Å².